The van der Waals surface area contributed by atoms with Crippen molar-refractivity contribution >= 4 is 0 Å². The molecule has 2 aliphatic carbocycles. The maximum absolute atomic E-state index is 10.6. The molecule has 3 heteroatoms. The van der Waals surface area contributed by atoms with Gasteiger partial charge in [-0.2, -0.15) is 0 Å². The van der Waals surface area contributed by atoms with Crippen molar-refractivity contribution in [2.24, 2.45) is 11.3 Å². The number of hydrogen-bond donors (Lipinski definition) is 2. The molecular formula is C18H36N2O. The van der Waals surface area contributed by atoms with E-state index in [4.69, 9.17) is 0 Å². The third kappa shape index (κ3) is 4.94. The van der Waals surface area contributed by atoms with Crippen molar-refractivity contribution in [1.82, 2.24) is 10.2 Å². The lowest BCUT2D eigenvalue weighted by Gasteiger charge is -2.43. The SMILES string of the molecule is CCNCC1(CN(C)CC2(O)CCCC2)CCC(C)CC1. The van der Waals surface area contributed by atoms with Crippen molar-refractivity contribution in [2.45, 2.75) is 70.8 Å². The molecular weight excluding hydrogens is 260 g/mol. The highest BCUT2D eigenvalue weighted by Crippen LogP contribution is 2.39. The first-order valence-electron chi connectivity index (χ1n) is 9.09. The molecule has 0 heterocycles. The first kappa shape index (κ1) is 17.2. The molecule has 21 heavy (non-hydrogen) atoms. The number of aliphatic hydroxyl groups is 1. The van der Waals surface area contributed by atoms with Crippen LogP contribution in [-0.4, -0.2) is 48.8 Å². The molecule has 2 rings (SSSR count). The number of nitrogens with zero attached hydrogens (tertiary/aromatic N) is 1. The summed E-state index contributed by atoms with van der Waals surface area (Å²) in [6.45, 7) is 8.78. The number of rotatable bonds is 7. The van der Waals surface area contributed by atoms with Gasteiger partial charge in [0.15, 0.2) is 0 Å². The molecule has 0 aromatic carbocycles. The minimum atomic E-state index is -0.407. The quantitative estimate of drug-likeness (QED) is 0.758. The van der Waals surface area contributed by atoms with Crippen LogP contribution in [0, 0.1) is 11.3 Å². The predicted octanol–water partition coefficient (Wildman–Crippen LogP) is 3.03. The standard InChI is InChI=1S/C18H36N2O/c1-4-19-13-17(11-7-16(2)8-12-17)14-20(3)15-18(21)9-5-6-10-18/h16,19,21H,4-15H2,1-3H3. The van der Waals surface area contributed by atoms with Gasteiger partial charge in [-0.25, -0.2) is 0 Å². The molecule has 0 spiro atoms. The highest BCUT2D eigenvalue weighted by molar-refractivity contribution is 4.92. The van der Waals surface area contributed by atoms with Crippen LogP contribution in [0.5, 0.6) is 0 Å². The fourth-order valence-corrected chi connectivity index (χ4v) is 4.48. The summed E-state index contributed by atoms with van der Waals surface area (Å²) in [5.41, 5.74) is 0.0162. The summed E-state index contributed by atoms with van der Waals surface area (Å²) in [4.78, 5) is 2.42. The molecule has 2 aliphatic rings. The Morgan fingerprint density at radius 2 is 1.71 bits per heavy atom. The van der Waals surface area contributed by atoms with E-state index in [1.807, 2.05) is 0 Å². The van der Waals surface area contributed by atoms with Crippen LogP contribution < -0.4 is 5.32 Å². The fraction of sp³-hybridized carbons (Fsp3) is 1.00. The third-order valence-corrected chi connectivity index (χ3v) is 5.79. The van der Waals surface area contributed by atoms with E-state index in [-0.39, 0.29) is 0 Å². The average molecular weight is 296 g/mol. The molecule has 2 saturated carbocycles. The minimum absolute atomic E-state index is 0.407. The van der Waals surface area contributed by atoms with Gasteiger partial charge in [0.2, 0.25) is 0 Å². The maximum Gasteiger partial charge on any atom is 0.0774 e. The lowest BCUT2D eigenvalue weighted by Crippen LogP contribution is -2.48. The Morgan fingerprint density at radius 3 is 2.29 bits per heavy atom. The van der Waals surface area contributed by atoms with Crippen molar-refractivity contribution in [1.29, 1.82) is 0 Å². The second-order valence-electron chi connectivity index (χ2n) is 8.07. The number of hydrogen-bond acceptors (Lipinski definition) is 3. The van der Waals surface area contributed by atoms with E-state index in [1.54, 1.807) is 0 Å². The molecule has 0 aromatic heterocycles. The maximum atomic E-state index is 10.6. The van der Waals surface area contributed by atoms with Crippen LogP contribution in [0.1, 0.15) is 65.2 Å². The first-order chi connectivity index (χ1) is 9.97. The molecule has 0 saturated heterocycles. The normalized spacial score (nSPS) is 32.7. The molecule has 0 radical (unpaired) electrons. The zero-order valence-electron chi connectivity index (χ0n) is 14.5. The van der Waals surface area contributed by atoms with E-state index in [9.17, 15) is 5.11 Å². The number of likely N-dealkylation sites (N-methyl/N-ethyl adjacent to an activating group) is 1. The molecule has 0 amide bonds. The van der Waals surface area contributed by atoms with E-state index in [2.05, 4.69) is 31.1 Å². The van der Waals surface area contributed by atoms with E-state index >= 15 is 0 Å². The number of nitrogens with one attached hydrogen (secondary N) is 1. The Morgan fingerprint density at radius 1 is 1.10 bits per heavy atom. The van der Waals surface area contributed by atoms with Crippen LogP contribution in [0.25, 0.3) is 0 Å². The first-order valence-corrected chi connectivity index (χ1v) is 9.09. The third-order valence-electron chi connectivity index (χ3n) is 5.79. The Bertz CT molecular complexity index is 299. The van der Waals surface area contributed by atoms with Crippen LogP contribution >= 0.6 is 0 Å². The summed E-state index contributed by atoms with van der Waals surface area (Å²) in [7, 11) is 2.21. The summed E-state index contributed by atoms with van der Waals surface area (Å²) in [5, 5.41) is 14.2. The lowest BCUT2D eigenvalue weighted by atomic mass is 9.70. The van der Waals surface area contributed by atoms with Crippen molar-refractivity contribution in [3.8, 4) is 0 Å². The van der Waals surface area contributed by atoms with Crippen molar-refractivity contribution in [3.05, 3.63) is 0 Å². The summed E-state index contributed by atoms with van der Waals surface area (Å²) < 4.78 is 0. The predicted molar refractivity (Wildman–Crippen MR) is 89.5 cm³/mol. The van der Waals surface area contributed by atoms with E-state index in [0.717, 1.165) is 44.9 Å². The zero-order valence-corrected chi connectivity index (χ0v) is 14.5. The summed E-state index contributed by atoms with van der Waals surface area (Å²) >= 11 is 0. The molecule has 2 fully saturated rings. The zero-order chi connectivity index (χ0) is 15.3. The van der Waals surface area contributed by atoms with Crippen LogP contribution in [0.15, 0.2) is 0 Å². The smallest absolute Gasteiger partial charge is 0.0774 e. The Balaban J connectivity index is 1.91. The summed E-state index contributed by atoms with van der Waals surface area (Å²) in [6.07, 6.45) is 9.79. The molecule has 0 aliphatic heterocycles. The monoisotopic (exact) mass is 296 g/mol. The molecule has 0 unspecified atom stereocenters. The van der Waals surface area contributed by atoms with E-state index in [1.165, 1.54) is 38.5 Å². The van der Waals surface area contributed by atoms with Gasteiger partial charge in [-0.1, -0.05) is 39.5 Å². The molecule has 124 valence electrons. The summed E-state index contributed by atoms with van der Waals surface area (Å²) in [6, 6.07) is 0. The van der Waals surface area contributed by atoms with Crippen molar-refractivity contribution < 1.29 is 5.11 Å². The molecule has 0 atom stereocenters. The van der Waals surface area contributed by atoms with E-state index in [0.29, 0.717) is 5.41 Å². The van der Waals surface area contributed by atoms with Gasteiger partial charge in [-0.05, 0) is 50.6 Å². The topological polar surface area (TPSA) is 35.5 Å². The van der Waals surface area contributed by atoms with Crippen molar-refractivity contribution in [2.75, 3.05) is 33.2 Å². The highest BCUT2D eigenvalue weighted by Gasteiger charge is 2.37. The largest absolute Gasteiger partial charge is 0.389 e. The summed E-state index contributed by atoms with van der Waals surface area (Å²) in [5.74, 6) is 0.893. The van der Waals surface area contributed by atoms with Gasteiger partial charge >= 0.3 is 0 Å². The molecule has 0 bridgehead atoms. The second-order valence-corrected chi connectivity index (χ2v) is 8.07. The molecule has 0 aromatic rings. The van der Waals surface area contributed by atoms with Crippen LogP contribution in [0.3, 0.4) is 0 Å². The Labute approximate surface area is 131 Å². The van der Waals surface area contributed by atoms with Gasteiger partial charge in [0.05, 0.1) is 5.60 Å². The second kappa shape index (κ2) is 7.43. The Hall–Kier alpha value is -0.120. The Kier molecular flexibility index (Phi) is 6.10. The lowest BCUT2D eigenvalue weighted by molar-refractivity contribution is -0.00129. The van der Waals surface area contributed by atoms with Gasteiger partial charge < -0.3 is 15.3 Å². The average Bonchev–Trinajstić information content (AvgIpc) is 2.86. The van der Waals surface area contributed by atoms with Crippen LogP contribution in [0.4, 0.5) is 0 Å². The van der Waals surface area contributed by atoms with Crippen molar-refractivity contribution in [3.63, 3.8) is 0 Å². The fourth-order valence-electron chi connectivity index (χ4n) is 4.48. The van der Waals surface area contributed by atoms with Gasteiger partial charge in [0.25, 0.3) is 0 Å². The highest BCUT2D eigenvalue weighted by atomic mass is 16.3. The molecule has 2 N–H and O–H groups in total. The molecule has 3 nitrogen and oxygen atoms in total. The van der Waals surface area contributed by atoms with E-state index < -0.39 is 5.60 Å². The van der Waals surface area contributed by atoms with Gasteiger partial charge in [-0.15, -0.1) is 0 Å². The van der Waals surface area contributed by atoms with Crippen LogP contribution in [-0.2, 0) is 0 Å². The van der Waals surface area contributed by atoms with Gasteiger partial charge in [-0.3, -0.25) is 0 Å². The van der Waals surface area contributed by atoms with Crippen LogP contribution in [0.2, 0.25) is 0 Å². The minimum Gasteiger partial charge on any atom is -0.389 e. The van der Waals surface area contributed by atoms with Gasteiger partial charge in [0, 0.05) is 19.6 Å². The van der Waals surface area contributed by atoms with Gasteiger partial charge in [0.1, 0.15) is 0 Å².